The molecule has 0 spiro atoms. The van der Waals surface area contributed by atoms with Crippen molar-refractivity contribution in [3.63, 3.8) is 0 Å². The summed E-state index contributed by atoms with van der Waals surface area (Å²) in [6.07, 6.45) is 14.1. The molecule has 15 heavy (non-hydrogen) atoms. The molecule has 2 saturated carbocycles. The third kappa shape index (κ3) is 4.71. The number of nitrogens with one attached hydrogen (secondary N) is 2. The van der Waals surface area contributed by atoms with Crippen LogP contribution in [0.25, 0.3) is 0 Å². The minimum atomic E-state index is 0. The van der Waals surface area contributed by atoms with Crippen LogP contribution in [0.3, 0.4) is 0 Å². The highest BCUT2D eigenvalue weighted by molar-refractivity contribution is 5.85. The van der Waals surface area contributed by atoms with Gasteiger partial charge >= 0.3 is 0 Å². The van der Waals surface area contributed by atoms with Gasteiger partial charge in [-0.05, 0) is 25.7 Å². The van der Waals surface area contributed by atoms with Crippen molar-refractivity contribution in [2.75, 3.05) is 0 Å². The summed E-state index contributed by atoms with van der Waals surface area (Å²) in [7, 11) is 0. The van der Waals surface area contributed by atoms with E-state index in [1.165, 1.54) is 64.2 Å². The lowest BCUT2D eigenvalue weighted by molar-refractivity contribution is 0.273. The average Bonchev–Trinajstić information content (AvgIpc) is 2.29. The number of hydrogen-bond donors (Lipinski definition) is 2. The maximum absolute atomic E-state index is 3.54. The maximum Gasteiger partial charge on any atom is 0.0213 e. The Bertz CT molecular complexity index is 134. The van der Waals surface area contributed by atoms with Crippen LogP contribution >= 0.6 is 12.4 Å². The smallest absolute Gasteiger partial charge is 0.0213 e. The predicted octanol–water partition coefficient (Wildman–Crippen LogP) is 3.17. The second-order valence-electron chi connectivity index (χ2n) is 4.96. The van der Waals surface area contributed by atoms with Gasteiger partial charge in [0.25, 0.3) is 0 Å². The third-order valence-corrected chi connectivity index (χ3v) is 3.70. The highest BCUT2D eigenvalue weighted by Crippen LogP contribution is 2.19. The quantitative estimate of drug-likeness (QED) is 0.731. The molecular formula is C12H25ClN2. The van der Waals surface area contributed by atoms with E-state index in [4.69, 9.17) is 0 Å². The zero-order valence-corrected chi connectivity index (χ0v) is 10.5. The topological polar surface area (TPSA) is 24.1 Å². The zero-order valence-electron chi connectivity index (χ0n) is 9.63. The molecule has 0 aromatic rings. The molecule has 2 fully saturated rings. The second-order valence-corrected chi connectivity index (χ2v) is 4.96. The van der Waals surface area contributed by atoms with Gasteiger partial charge in [-0.1, -0.05) is 38.5 Å². The van der Waals surface area contributed by atoms with Gasteiger partial charge in [0.15, 0.2) is 0 Å². The molecule has 0 radical (unpaired) electrons. The molecule has 90 valence electrons. The molecule has 2 aliphatic rings. The van der Waals surface area contributed by atoms with Crippen molar-refractivity contribution < 1.29 is 0 Å². The fraction of sp³-hybridized carbons (Fsp3) is 1.00. The van der Waals surface area contributed by atoms with Crippen LogP contribution in [0.5, 0.6) is 0 Å². The summed E-state index contributed by atoms with van der Waals surface area (Å²) in [6, 6.07) is 1.51. The van der Waals surface area contributed by atoms with E-state index in [0.29, 0.717) is 0 Å². The monoisotopic (exact) mass is 232 g/mol. The minimum Gasteiger partial charge on any atom is -0.255 e. The molecule has 0 heterocycles. The molecule has 0 aromatic carbocycles. The van der Waals surface area contributed by atoms with Crippen LogP contribution in [-0.2, 0) is 0 Å². The van der Waals surface area contributed by atoms with Crippen molar-refractivity contribution in [1.82, 2.24) is 10.9 Å². The second kappa shape index (κ2) is 7.48. The molecule has 0 saturated heterocycles. The summed E-state index contributed by atoms with van der Waals surface area (Å²) in [5.41, 5.74) is 7.08. The van der Waals surface area contributed by atoms with Crippen molar-refractivity contribution >= 4 is 12.4 Å². The fourth-order valence-corrected chi connectivity index (χ4v) is 2.73. The summed E-state index contributed by atoms with van der Waals surface area (Å²) in [6.45, 7) is 0. The van der Waals surface area contributed by atoms with Crippen molar-refractivity contribution in [3.05, 3.63) is 0 Å². The molecule has 0 aromatic heterocycles. The van der Waals surface area contributed by atoms with Crippen LogP contribution in [0, 0.1) is 0 Å². The Kier molecular flexibility index (Phi) is 6.62. The highest BCUT2D eigenvalue weighted by Gasteiger charge is 2.16. The summed E-state index contributed by atoms with van der Waals surface area (Å²) in [5, 5.41) is 0. The molecule has 2 N–H and O–H groups in total. The highest BCUT2D eigenvalue weighted by atomic mass is 35.5. The van der Waals surface area contributed by atoms with E-state index in [9.17, 15) is 0 Å². The van der Waals surface area contributed by atoms with Crippen LogP contribution in [-0.4, -0.2) is 12.1 Å². The van der Waals surface area contributed by atoms with Crippen molar-refractivity contribution in [1.29, 1.82) is 0 Å². The zero-order chi connectivity index (χ0) is 9.64. The number of hydrazine groups is 1. The molecule has 2 nitrogen and oxygen atoms in total. The Morgan fingerprint density at radius 2 is 0.867 bits per heavy atom. The van der Waals surface area contributed by atoms with Crippen LogP contribution in [0.1, 0.15) is 64.2 Å². The molecular weight excluding hydrogens is 208 g/mol. The Balaban J connectivity index is 0.00000112. The van der Waals surface area contributed by atoms with Crippen molar-refractivity contribution in [3.8, 4) is 0 Å². The lowest BCUT2D eigenvalue weighted by atomic mass is 9.95. The average molecular weight is 233 g/mol. The van der Waals surface area contributed by atoms with E-state index in [2.05, 4.69) is 10.9 Å². The van der Waals surface area contributed by atoms with Crippen LogP contribution in [0.15, 0.2) is 0 Å². The molecule has 0 atom stereocenters. The van der Waals surface area contributed by atoms with Gasteiger partial charge in [-0.25, -0.2) is 0 Å². The van der Waals surface area contributed by atoms with E-state index in [1.54, 1.807) is 0 Å². The molecule has 0 bridgehead atoms. The Morgan fingerprint density at radius 1 is 0.533 bits per heavy atom. The van der Waals surface area contributed by atoms with Gasteiger partial charge < -0.3 is 0 Å². The Hall–Kier alpha value is 0.210. The largest absolute Gasteiger partial charge is 0.255 e. The van der Waals surface area contributed by atoms with Gasteiger partial charge in [-0.2, -0.15) is 0 Å². The summed E-state index contributed by atoms with van der Waals surface area (Å²) in [5.74, 6) is 0. The van der Waals surface area contributed by atoms with E-state index in [-0.39, 0.29) is 12.4 Å². The van der Waals surface area contributed by atoms with Gasteiger partial charge in [0, 0.05) is 12.1 Å². The SMILES string of the molecule is C1CCC(NNC2CCCCC2)CC1.Cl. The molecule has 2 aliphatic carbocycles. The predicted molar refractivity (Wildman–Crippen MR) is 67.3 cm³/mol. The normalized spacial score (nSPS) is 24.8. The van der Waals surface area contributed by atoms with Crippen molar-refractivity contribution in [2.45, 2.75) is 76.3 Å². The first-order valence-corrected chi connectivity index (χ1v) is 6.46. The number of rotatable bonds is 3. The molecule has 0 aliphatic heterocycles. The Labute approximate surface area is 100.0 Å². The minimum absolute atomic E-state index is 0. The van der Waals surface area contributed by atoms with Gasteiger partial charge in [0.2, 0.25) is 0 Å². The molecule has 0 unspecified atom stereocenters. The van der Waals surface area contributed by atoms with E-state index < -0.39 is 0 Å². The van der Waals surface area contributed by atoms with Crippen LogP contribution in [0.2, 0.25) is 0 Å². The van der Waals surface area contributed by atoms with Gasteiger partial charge in [0.1, 0.15) is 0 Å². The number of halogens is 1. The molecule has 2 rings (SSSR count). The van der Waals surface area contributed by atoms with E-state index in [0.717, 1.165) is 12.1 Å². The number of hydrogen-bond acceptors (Lipinski definition) is 2. The standard InChI is InChI=1S/C12H24N2.ClH/c1-3-7-11(8-4-1)13-14-12-9-5-2-6-10-12;/h11-14H,1-10H2;1H. The lowest BCUT2D eigenvalue weighted by Crippen LogP contribution is -2.47. The molecule has 0 amide bonds. The third-order valence-electron chi connectivity index (χ3n) is 3.70. The van der Waals surface area contributed by atoms with E-state index >= 15 is 0 Å². The van der Waals surface area contributed by atoms with Gasteiger partial charge in [0.05, 0.1) is 0 Å². The fourth-order valence-electron chi connectivity index (χ4n) is 2.73. The molecule has 3 heteroatoms. The van der Waals surface area contributed by atoms with Crippen molar-refractivity contribution in [2.24, 2.45) is 0 Å². The van der Waals surface area contributed by atoms with Gasteiger partial charge in [-0.15, -0.1) is 12.4 Å². The Morgan fingerprint density at radius 3 is 1.20 bits per heavy atom. The van der Waals surface area contributed by atoms with Crippen LogP contribution < -0.4 is 10.9 Å². The first kappa shape index (κ1) is 13.3. The van der Waals surface area contributed by atoms with Gasteiger partial charge in [-0.3, -0.25) is 10.9 Å². The maximum atomic E-state index is 3.54. The van der Waals surface area contributed by atoms with Crippen LogP contribution in [0.4, 0.5) is 0 Å². The first-order chi connectivity index (χ1) is 6.95. The summed E-state index contributed by atoms with van der Waals surface area (Å²) < 4.78 is 0. The first-order valence-electron chi connectivity index (χ1n) is 6.46. The summed E-state index contributed by atoms with van der Waals surface area (Å²) in [4.78, 5) is 0. The summed E-state index contributed by atoms with van der Waals surface area (Å²) >= 11 is 0. The lowest BCUT2D eigenvalue weighted by Gasteiger charge is -2.28. The van der Waals surface area contributed by atoms with E-state index in [1.807, 2.05) is 0 Å².